The van der Waals surface area contributed by atoms with Crippen LogP contribution in [0, 0.1) is 5.82 Å². The van der Waals surface area contributed by atoms with Crippen LogP contribution < -0.4 is 0 Å². The molecule has 54 valence electrons. The number of hydrogen-bond donors (Lipinski definition) is 0. The van der Waals surface area contributed by atoms with Gasteiger partial charge in [0.1, 0.15) is 10.8 Å². The van der Waals surface area contributed by atoms with Crippen LogP contribution in [0.2, 0.25) is 0 Å². The number of hydrogen-bond acceptors (Lipinski definition) is 2. The standard InChI is InChI=1S/C6H5BrFNS/c1-10-6-5(7)2-4(8)3-9-6/h2-3H,1H3. The van der Waals surface area contributed by atoms with E-state index in [0.29, 0.717) is 4.47 Å². The molecule has 0 amide bonds. The maximum atomic E-state index is 12.4. The lowest BCUT2D eigenvalue weighted by Gasteiger charge is -1.96. The van der Waals surface area contributed by atoms with E-state index in [1.807, 2.05) is 6.26 Å². The summed E-state index contributed by atoms with van der Waals surface area (Å²) in [5.74, 6) is -0.315. The summed E-state index contributed by atoms with van der Waals surface area (Å²) in [6.45, 7) is 0. The minimum atomic E-state index is -0.315. The van der Waals surface area contributed by atoms with E-state index in [9.17, 15) is 4.39 Å². The first-order valence-corrected chi connectivity index (χ1v) is 4.61. The predicted octanol–water partition coefficient (Wildman–Crippen LogP) is 2.71. The van der Waals surface area contributed by atoms with Crippen molar-refractivity contribution in [2.24, 2.45) is 0 Å². The van der Waals surface area contributed by atoms with E-state index in [1.165, 1.54) is 24.0 Å². The second kappa shape index (κ2) is 3.34. The number of pyridine rings is 1. The number of thioether (sulfide) groups is 1. The molecule has 0 unspecified atom stereocenters. The molecule has 0 spiro atoms. The largest absolute Gasteiger partial charge is 0.246 e. The van der Waals surface area contributed by atoms with Crippen LogP contribution in [-0.4, -0.2) is 11.2 Å². The third kappa shape index (κ3) is 1.70. The molecule has 0 atom stereocenters. The lowest BCUT2D eigenvalue weighted by molar-refractivity contribution is 0.616. The highest BCUT2D eigenvalue weighted by Gasteiger charge is 1.99. The highest BCUT2D eigenvalue weighted by Crippen LogP contribution is 2.22. The molecule has 1 heterocycles. The van der Waals surface area contributed by atoms with Crippen molar-refractivity contribution in [3.8, 4) is 0 Å². The first-order valence-electron chi connectivity index (χ1n) is 2.59. The summed E-state index contributed by atoms with van der Waals surface area (Å²) < 4.78 is 13.1. The zero-order valence-corrected chi connectivity index (χ0v) is 7.67. The van der Waals surface area contributed by atoms with Crippen molar-refractivity contribution in [3.05, 3.63) is 22.6 Å². The molecule has 1 aromatic heterocycles. The molecule has 1 nitrogen and oxygen atoms in total. The molecule has 4 heteroatoms. The summed E-state index contributed by atoms with van der Waals surface area (Å²) in [5, 5.41) is 0.807. The summed E-state index contributed by atoms with van der Waals surface area (Å²) in [5.41, 5.74) is 0. The predicted molar refractivity (Wildman–Crippen MR) is 43.7 cm³/mol. The van der Waals surface area contributed by atoms with E-state index in [4.69, 9.17) is 0 Å². The molecule has 0 aliphatic heterocycles. The molecule has 10 heavy (non-hydrogen) atoms. The van der Waals surface area contributed by atoms with Gasteiger partial charge in [-0.3, -0.25) is 0 Å². The SMILES string of the molecule is CSc1ncc(F)cc1Br. The number of aromatic nitrogens is 1. The summed E-state index contributed by atoms with van der Waals surface area (Å²) in [4.78, 5) is 3.84. The lowest BCUT2D eigenvalue weighted by Crippen LogP contribution is -1.82. The molecule has 0 aliphatic carbocycles. The molecule has 0 saturated carbocycles. The van der Waals surface area contributed by atoms with Gasteiger partial charge >= 0.3 is 0 Å². The summed E-state index contributed by atoms with van der Waals surface area (Å²) in [7, 11) is 0. The zero-order chi connectivity index (χ0) is 7.56. The molecule has 1 aromatic rings. The van der Waals surface area contributed by atoms with Gasteiger partial charge in [0.05, 0.1) is 10.7 Å². The van der Waals surface area contributed by atoms with E-state index in [-0.39, 0.29) is 5.82 Å². The Morgan fingerprint density at radius 1 is 1.70 bits per heavy atom. The fourth-order valence-corrected chi connectivity index (χ4v) is 1.77. The quantitative estimate of drug-likeness (QED) is 0.677. The van der Waals surface area contributed by atoms with Gasteiger partial charge in [0, 0.05) is 0 Å². The highest BCUT2D eigenvalue weighted by atomic mass is 79.9. The Kier molecular flexibility index (Phi) is 2.68. The Labute approximate surface area is 71.2 Å². The minimum Gasteiger partial charge on any atom is -0.246 e. The van der Waals surface area contributed by atoms with Gasteiger partial charge in [0.2, 0.25) is 0 Å². The lowest BCUT2D eigenvalue weighted by atomic mass is 10.5. The van der Waals surface area contributed by atoms with Crippen molar-refractivity contribution >= 4 is 27.7 Å². The van der Waals surface area contributed by atoms with Gasteiger partial charge in [-0.25, -0.2) is 9.37 Å². The van der Waals surface area contributed by atoms with Crippen molar-refractivity contribution < 1.29 is 4.39 Å². The molecular formula is C6H5BrFNS. The Balaban J connectivity index is 3.07. The smallest absolute Gasteiger partial charge is 0.142 e. The molecule has 0 aliphatic rings. The van der Waals surface area contributed by atoms with Crippen LogP contribution in [0.25, 0.3) is 0 Å². The van der Waals surface area contributed by atoms with Crippen molar-refractivity contribution in [2.45, 2.75) is 5.03 Å². The molecule has 1 rings (SSSR count). The summed E-state index contributed by atoms with van der Waals surface area (Å²) >= 11 is 4.66. The van der Waals surface area contributed by atoms with Gasteiger partial charge in [0.25, 0.3) is 0 Å². The van der Waals surface area contributed by atoms with Crippen molar-refractivity contribution in [2.75, 3.05) is 6.26 Å². The molecule has 0 saturated heterocycles. The molecule has 0 aromatic carbocycles. The number of nitrogens with zero attached hydrogens (tertiary/aromatic N) is 1. The topological polar surface area (TPSA) is 12.9 Å². The van der Waals surface area contributed by atoms with E-state index in [1.54, 1.807) is 0 Å². The summed E-state index contributed by atoms with van der Waals surface area (Å²) in [6, 6.07) is 1.40. The Morgan fingerprint density at radius 3 is 2.90 bits per heavy atom. The third-order valence-corrected chi connectivity index (χ3v) is 2.55. The maximum Gasteiger partial charge on any atom is 0.142 e. The molecule has 0 bridgehead atoms. The van der Waals surface area contributed by atoms with Crippen LogP contribution in [0.3, 0.4) is 0 Å². The Hall–Kier alpha value is -0.0900. The van der Waals surface area contributed by atoms with Crippen molar-refractivity contribution in [1.29, 1.82) is 0 Å². The third-order valence-electron chi connectivity index (χ3n) is 0.967. The fourth-order valence-electron chi connectivity index (χ4n) is 0.552. The van der Waals surface area contributed by atoms with Crippen LogP contribution in [-0.2, 0) is 0 Å². The highest BCUT2D eigenvalue weighted by molar-refractivity contribution is 9.10. The molecular weight excluding hydrogens is 217 g/mol. The van der Waals surface area contributed by atoms with Crippen LogP contribution >= 0.6 is 27.7 Å². The molecule has 0 radical (unpaired) electrons. The Morgan fingerprint density at radius 2 is 2.40 bits per heavy atom. The first kappa shape index (κ1) is 8.01. The average Bonchev–Trinajstić information content (AvgIpc) is 1.88. The van der Waals surface area contributed by atoms with E-state index >= 15 is 0 Å². The molecule has 0 fully saturated rings. The van der Waals surface area contributed by atoms with Crippen molar-refractivity contribution in [1.82, 2.24) is 4.98 Å². The van der Waals surface area contributed by atoms with Crippen molar-refractivity contribution in [3.63, 3.8) is 0 Å². The van der Waals surface area contributed by atoms with Crippen LogP contribution in [0.4, 0.5) is 4.39 Å². The number of halogens is 2. The summed E-state index contributed by atoms with van der Waals surface area (Å²) in [6.07, 6.45) is 3.10. The second-order valence-corrected chi connectivity index (χ2v) is 3.29. The van der Waals surface area contributed by atoms with Gasteiger partial charge in [-0.2, -0.15) is 0 Å². The van der Waals surface area contributed by atoms with E-state index in [0.717, 1.165) is 5.03 Å². The first-order chi connectivity index (χ1) is 4.74. The normalized spacial score (nSPS) is 9.90. The fraction of sp³-hybridized carbons (Fsp3) is 0.167. The monoisotopic (exact) mass is 221 g/mol. The van der Waals surface area contributed by atoms with Crippen LogP contribution in [0.5, 0.6) is 0 Å². The minimum absolute atomic E-state index is 0.315. The number of rotatable bonds is 1. The van der Waals surface area contributed by atoms with Crippen LogP contribution in [0.1, 0.15) is 0 Å². The second-order valence-electron chi connectivity index (χ2n) is 1.64. The van der Waals surface area contributed by atoms with Gasteiger partial charge in [-0.15, -0.1) is 11.8 Å². The van der Waals surface area contributed by atoms with Gasteiger partial charge < -0.3 is 0 Å². The van der Waals surface area contributed by atoms with E-state index < -0.39 is 0 Å². The van der Waals surface area contributed by atoms with E-state index in [2.05, 4.69) is 20.9 Å². The Bertz CT molecular complexity index is 241. The zero-order valence-electron chi connectivity index (χ0n) is 5.27. The van der Waals surface area contributed by atoms with Gasteiger partial charge in [-0.05, 0) is 28.3 Å². The average molecular weight is 222 g/mol. The van der Waals surface area contributed by atoms with Gasteiger partial charge in [0.15, 0.2) is 0 Å². The molecule has 0 N–H and O–H groups in total. The van der Waals surface area contributed by atoms with Crippen LogP contribution in [0.15, 0.2) is 21.8 Å². The van der Waals surface area contributed by atoms with Gasteiger partial charge in [-0.1, -0.05) is 0 Å². The maximum absolute atomic E-state index is 12.4.